The van der Waals surface area contributed by atoms with E-state index in [9.17, 15) is 5.11 Å². The molecule has 1 fully saturated rings. The molecular formula is C18H20BrN5O2. The number of aliphatic hydroxyl groups excluding tert-OH is 1. The Hall–Kier alpha value is -2.16. The maximum atomic E-state index is 9.74. The van der Waals surface area contributed by atoms with Crippen molar-refractivity contribution in [3.63, 3.8) is 0 Å². The number of nitrogens with two attached hydrogens (primary N) is 1. The zero-order valence-corrected chi connectivity index (χ0v) is 16.0. The second-order valence-corrected chi connectivity index (χ2v) is 7.27. The Bertz CT molecular complexity index is 958. The number of hydrogen-bond acceptors (Lipinski definition) is 6. The van der Waals surface area contributed by atoms with Gasteiger partial charge in [0.15, 0.2) is 0 Å². The molecule has 3 aromatic rings. The molecule has 26 heavy (non-hydrogen) atoms. The fourth-order valence-corrected chi connectivity index (χ4v) is 3.79. The molecular weight excluding hydrogens is 398 g/mol. The van der Waals surface area contributed by atoms with Crippen molar-refractivity contribution in [2.24, 2.45) is 5.73 Å². The van der Waals surface area contributed by atoms with Gasteiger partial charge in [-0.15, -0.1) is 0 Å². The fourth-order valence-electron chi connectivity index (χ4n) is 3.29. The predicted octanol–water partition coefficient (Wildman–Crippen LogP) is 2.20. The predicted molar refractivity (Wildman–Crippen MR) is 103 cm³/mol. The maximum absolute atomic E-state index is 9.74. The van der Waals surface area contributed by atoms with Gasteiger partial charge in [0.1, 0.15) is 11.6 Å². The third-order valence-electron chi connectivity index (χ3n) is 4.68. The zero-order valence-electron chi connectivity index (χ0n) is 14.4. The lowest BCUT2D eigenvalue weighted by atomic mass is 10.1. The number of nitrogens with zero attached hydrogens (tertiary/aromatic N) is 4. The molecule has 0 bridgehead atoms. The first-order chi connectivity index (χ1) is 12.6. The van der Waals surface area contributed by atoms with Gasteiger partial charge >= 0.3 is 0 Å². The molecule has 136 valence electrons. The van der Waals surface area contributed by atoms with E-state index < -0.39 is 0 Å². The molecule has 1 atom stereocenters. The standard InChI is InChI=1S/C18H20BrN5O2/c1-26-16-6-11(10-25)13(7-14(16)19)15-9-24-5-3-17(22-18(24)21-15)23-4-2-12(20)8-23/h3,5-7,9,12,25H,2,4,8,10,20H2,1H3. The molecule has 3 heterocycles. The van der Waals surface area contributed by atoms with Crippen LogP contribution in [0.15, 0.2) is 35.1 Å². The van der Waals surface area contributed by atoms with E-state index in [1.54, 1.807) is 7.11 Å². The van der Waals surface area contributed by atoms with E-state index in [2.05, 4.69) is 30.8 Å². The molecule has 1 saturated heterocycles. The highest BCUT2D eigenvalue weighted by molar-refractivity contribution is 9.10. The number of ether oxygens (including phenoxy) is 1. The molecule has 8 heteroatoms. The molecule has 2 aromatic heterocycles. The molecule has 0 radical (unpaired) electrons. The second kappa shape index (κ2) is 6.86. The number of halogens is 1. The number of aliphatic hydroxyl groups is 1. The average Bonchev–Trinajstić information content (AvgIpc) is 3.26. The van der Waals surface area contributed by atoms with Crippen LogP contribution in [0.25, 0.3) is 17.0 Å². The molecule has 0 saturated carbocycles. The summed E-state index contributed by atoms with van der Waals surface area (Å²) in [6, 6.07) is 5.90. The normalized spacial score (nSPS) is 17.2. The Morgan fingerprint density at radius 1 is 1.38 bits per heavy atom. The van der Waals surface area contributed by atoms with Crippen molar-refractivity contribution in [2.45, 2.75) is 19.1 Å². The summed E-state index contributed by atoms with van der Waals surface area (Å²) in [6.07, 6.45) is 4.84. The van der Waals surface area contributed by atoms with Gasteiger partial charge in [-0.1, -0.05) is 0 Å². The Morgan fingerprint density at radius 3 is 2.92 bits per heavy atom. The minimum Gasteiger partial charge on any atom is -0.496 e. The van der Waals surface area contributed by atoms with Gasteiger partial charge in [-0.3, -0.25) is 4.40 Å². The third kappa shape index (κ3) is 3.04. The van der Waals surface area contributed by atoms with Crippen LogP contribution in [0.2, 0.25) is 0 Å². The van der Waals surface area contributed by atoms with E-state index in [1.807, 2.05) is 35.0 Å². The SMILES string of the molecule is COc1cc(CO)c(-c2cn3ccc(N4CCC(N)C4)nc3n2)cc1Br. The summed E-state index contributed by atoms with van der Waals surface area (Å²) in [5.74, 6) is 2.18. The van der Waals surface area contributed by atoms with E-state index in [-0.39, 0.29) is 12.6 Å². The molecule has 4 rings (SSSR count). The van der Waals surface area contributed by atoms with Crippen molar-refractivity contribution in [1.82, 2.24) is 14.4 Å². The summed E-state index contributed by atoms with van der Waals surface area (Å²) < 4.78 is 8.00. The molecule has 0 aliphatic carbocycles. The summed E-state index contributed by atoms with van der Waals surface area (Å²) in [5.41, 5.74) is 8.34. The van der Waals surface area contributed by atoms with Gasteiger partial charge in [0, 0.05) is 37.1 Å². The number of benzene rings is 1. The van der Waals surface area contributed by atoms with Crippen LogP contribution in [-0.2, 0) is 6.61 Å². The van der Waals surface area contributed by atoms with Gasteiger partial charge < -0.3 is 20.5 Å². The van der Waals surface area contributed by atoms with Crippen LogP contribution in [0.4, 0.5) is 5.82 Å². The number of anilines is 1. The quantitative estimate of drug-likeness (QED) is 0.676. The molecule has 1 aliphatic rings. The average molecular weight is 418 g/mol. The fraction of sp³-hybridized carbons (Fsp3) is 0.333. The number of methoxy groups -OCH3 is 1. The van der Waals surface area contributed by atoms with Gasteiger partial charge in [0.25, 0.3) is 0 Å². The highest BCUT2D eigenvalue weighted by atomic mass is 79.9. The molecule has 7 nitrogen and oxygen atoms in total. The monoisotopic (exact) mass is 417 g/mol. The smallest absolute Gasteiger partial charge is 0.236 e. The number of imidazole rings is 1. The zero-order chi connectivity index (χ0) is 18.3. The first kappa shape index (κ1) is 17.3. The van der Waals surface area contributed by atoms with Crippen LogP contribution in [0.5, 0.6) is 5.75 Å². The maximum Gasteiger partial charge on any atom is 0.236 e. The number of hydrogen-bond donors (Lipinski definition) is 2. The minimum absolute atomic E-state index is 0.100. The third-order valence-corrected chi connectivity index (χ3v) is 5.30. The van der Waals surface area contributed by atoms with E-state index in [1.165, 1.54) is 0 Å². The Kier molecular flexibility index (Phi) is 4.56. The lowest BCUT2D eigenvalue weighted by Gasteiger charge is -2.16. The van der Waals surface area contributed by atoms with Gasteiger partial charge in [0.05, 0.1) is 23.9 Å². The second-order valence-electron chi connectivity index (χ2n) is 6.42. The van der Waals surface area contributed by atoms with Crippen LogP contribution >= 0.6 is 15.9 Å². The van der Waals surface area contributed by atoms with Crippen LogP contribution in [-0.4, -0.2) is 45.7 Å². The summed E-state index contributed by atoms with van der Waals surface area (Å²) in [4.78, 5) is 11.5. The van der Waals surface area contributed by atoms with Crippen molar-refractivity contribution < 1.29 is 9.84 Å². The van der Waals surface area contributed by atoms with Gasteiger partial charge in [-0.2, -0.15) is 4.98 Å². The first-order valence-electron chi connectivity index (χ1n) is 8.43. The molecule has 3 N–H and O–H groups in total. The van der Waals surface area contributed by atoms with Crippen LogP contribution in [0.1, 0.15) is 12.0 Å². The van der Waals surface area contributed by atoms with E-state index in [0.29, 0.717) is 11.5 Å². The number of aromatic nitrogens is 3. The highest BCUT2D eigenvalue weighted by Crippen LogP contribution is 2.34. The number of rotatable bonds is 4. The molecule has 1 unspecified atom stereocenters. The molecule has 0 amide bonds. The summed E-state index contributed by atoms with van der Waals surface area (Å²) in [7, 11) is 1.60. The summed E-state index contributed by atoms with van der Waals surface area (Å²) >= 11 is 3.50. The Balaban J connectivity index is 1.75. The van der Waals surface area contributed by atoms with E-state index in [0.717, 1.165) is 46.6 Å². The lowest BCUT2D eigenvalue weighted by molar-refractivity contribution is 0.281. The van der Waals surface area contributed by atoms with Crippen molar-refractivity contribution in [3.8, 4) is 17.0 Å². The Morgan fingerprint density at radius 2 is 2.23 bits per heavy atom. The van der Waals surface area contributed by atoms with E-state index in [4.69, 9.17) is 10.5 Å². The summed E-state index contributed by atoms with van der Waals surface area (Å²) in [5, 5.41) is 9.74. The van der Waals surface area contributed by atoms with Crippen LogP contribution in [0, 0.1) is 0 Å². The first-order valence-corrected chi connectivity index (χ1v) is 9.22. The lowest BCUT2D eigenvalue weighted by Crippen LogP contribution is -2.26. The molecule has 1 aromatic carbocycles. The number of fused-ring (bicyclic) bond motifs is 1. The highest BCUT2D eigenvalue weighted by Gasteiger charge is 2.21. The van der Waals surface area contributed by atoms with Crippen LogP contribution < -0.4 is 15.4 Å². The van der Waals surface area contributed by atoms with Crippen molar-refractivity contribution in [2.75, 3.05) is 25.1 Å². The van der Waals surface area contributed by atoms with E-state index >= 15 is 0 Å². The van der Waals surface area contributed by atoms with Gasteiger partial charge in [0.2, 0.25) is 5.78 Å². The Labute approximate surface area is 159 Å². The summed E-state index contributed by atoms with van der Waals surface area (Å²) in [6.45, 7) is 1.63. The largest absolute Gasteiger partial charge is 0.496 e. The minimum atomic E-state index is -0.100. The van der Waals surface area contributed by atoms with Crippen molar-refractivity contribution >= 4 is 27.5 Å². The topological polar surface area (TPSA) is 88.9 Å². The van der Waals surface area contributed by atoms with Crippen LogP contribution in [0.3, 0.4) is 0 Å². The van der Waals surface area contributed by atoms with Gasteiger partial charge in [-0.05, 0) is 46.1 Å². The van der Waals surface area contributed by atoms with Crippen molar-refractivity contribution in [1.29, 1.82) is 0 Å². The van der Waals surface area contributed by atoms with Crippen molar-refractivity contribution in [3.05, 3.63) is 40.6 Å². The van der Waals surface area contributed by atoms with Gasteiger partial charge in [-0.25, -0.2) is 4.98 Å². The molecule has 1 aliphatic heterocycles. The molecule has 0 spiro atoms.